The highest BCUT2D eigenvalue weighted by Crippen LogP contribution is 2.27. The molecule has 1 nitrogen and oxygen atoms in total. The number of rotatable bonds is 3. The van der Waals surface area contributed by atoms with Crippen LogP contribution < -0.4 is 5.32 Å². The molecule has 17 heavy (non-hydrogen) atoms. The zero-order chi connectivity index (χ0) is 12.3. The van der Waals surface area contributed by atoms with Crippen molar-refractivity contribution in [1.82, 2.24) is 5.32 Å². The van der Waals surface area contributed by atoms with Crippen LogP contribution in [0.4, 0.5) is 8.78 Å². The average Bonchev–Trinajstić information content (AvgIpc) is 2.36. The van der Waals surface area contributed by atoms with Crippen molar-refractivity contribution in [3.05, 3.63) is 34.1 Å². The van der Waals surface area contributed by atoms with Gasteiger partial charge in [-0.1, -0.05) is 12.1 Å². The molecule has 1 atom stereocenters. The van der Waals surface area contributed by atoms with Gasteiger partial charge in [0, 0.05) is 6.42 Å². The summed E-state index contributed by atoms with van der Waals surface area (Å²) in [5, 5.41) is 3.22. The monoisotopic (exact) mass is 303 g/mol. The lowest BCUT2D eigenvalue weighted by atomic mass is 9.89. The molecule has 2 rings (SSSR count). The number of nitrogens with one attached hydrogen (secondary N) is 1. The van der Waals surface area contributed by atoms with Gasteiger partial charge >= 0.3 is 0 Å². The van der Waals surface area contributed by atoms with Crippen molar-refractivity contribution in [3.63, 3.8) is 0 Å². The van der Waals surface area contributed by atoms with Gasteiger partial charge in [0.1, 0.15) is 12.0 Å². The molecular formula is C13H16BrF2N. The number of halogens is 3. The minimum absolute atomic E-state index is 0.103. The van der Waals surface area contributed by atoms with Gasteiger partial charge in [-0.05, 0) is 59.4 Å². The molecule has 1 saturated heterocycles. The minimum atomic E-state index is -0.879. The maximum absolute atomic E-state index is 14.1. The van der Waals surface area contributed by atoms with Crippen LogP contribution in [-0.2, 0) is 6.42 Å². The Kier molecular flexibility index (Phi) is 4.51. The number of hydrogen-bond acceptors (Lipinski definition) is 1. The molecule has 1 unspecified atom stereocenters. The van der Waals surface area contributed by atoms with E-state index in [2.05, 4.69) is 21.2 Å². The largest absolute Gasteiger partial charge is 0.317 e. The van der Waals surface area contributed by atoms with Crippen LogP contribution >= 0.6 is 15.9 Å². The number of piperidine rings is 1. The maximum atomic E-state index is 14.1. The van der Waals surface area contributed by atoms with Gasteiger partial charge in [0.25, 0.3) is 0 Å². The maximum Gasteiger partial charge on any atom is 0.137 e. The van der Waals surface area contributed by atoms with Crippen molar-refractivity contribution >= 4 is 15.9 Å². The quantitative estimate of drug-likeness (QED) is 0.901. The summed E-state index contributed by atoms with van der Waals surface area (Å²) in [6.07, 6.45) is 1.15. The highest BCUT2D eigenvalue weighted by atomic mass is 79.9. The second-order valence-corrected chi connectivity index (χ2v) is 5.31. The summed E-state index contributed by atoms with van der Waals surface area (Å²) < 4.78 is 27.8. The van der Waals surface area contributed by atoms with Gasteiger partial charge in [0.15, 0.2) is 0 Å². The molecule has 1 fully saturated rings. The Morgan fingerprint density at radius 3 is 2.76 bits per heavy atom. The molecule has 0 bridgehead atoms. The molecule has 94 valence electrons. The highest BCUT2D eigenvalue weighted by Gasteiger charge is 2.24. The molecule has 1 aliphatic rings. The normalized spacial score (nSPS) is 19.2. The molecule has 1 heterocycles. The summed E-state index contributed by atoms with van der Waals surface area (Å²) in [7, 11) is 0. The Balaban J connectivity index is 2.01. The first kappa shape index (κ1) is 13.0. The molecule has 0 aromatic heterocycles. The number of benzene rings is 1. The van der Waals surface area contributed by atoms with E-state index >= 15 is 0 Å². The van der Waals surface area contributed by atoms with Crippen molar-refractivity contribution in [1.29, 1.82) is 0 Å². The van der Waals surface area contributed by atoms with Crippen LogP contribution in [0.5, 0.6) is 0 Å². The van der Waals surface area contributed by atoms with E-state index in [0.29, 0.717) is 10.9 Å². The van der Waals surface area contributed by atoms with E-state index in [1.807, 2.05) is 0 Å². The average molecular weight is 304 g/mol. The zero-order valence-corrected chi connectivity index (χ0v) is 11.1. The van der Waals surface area contributed by atoms with E-state index in [1.54, 1.807) is 12.1 Å². The van der Waals surface area contributed by atoms with Gasteiger partial charge in [0.05, 0.1) is 4.47 Å². The van der Waals surface area contributed by atoms with Crippen LogP contribution in [0, 0.1) is 11.7 Å². The summed E-state index contributed by atoms with van der Waals surface area (Å²) in [4.78, 5) is 0. The van der Waals surface area contributed by atoms with Crippen LogP contribution in [-0.4, -0.2) is 19.3 Å². The molecule has 0 aliphatic carbocycles. The SMILES string of the molecule is Fc1cccc(CC(F)C2CCNCC2)c1Br. The van der Waals surface area contributed by atoms with Crippen molar-refractivity contribution in [2.24, 2.45) is 5.92 Å². The molecular weight excluding hydrogens is 288 g/mol. The lowest BCUT2D eigenvalue weighted by Gasteiger charge is -2.26. The molecule has 0 spiro atoms. The first-order valence-electron chi connectivity index (χ1n) is 5.96. The Morgan fingerprint density at radius 2 is 2.06 bits per heavy atom. The third-order valence-electron chi connectivity index (χ3n) is 3.34. The third-order valence-corrected chi connectivity index (χ3v) is 4.23. The van der Waals surface area contributed by atoms with E-state index in [4.69, 9.17) is 0 Å². The summed E-state index contributed by atoms with van der Waals surface area (Å²) in [6, 6.07) is 4.79. The first-order chi connectivity index (χ1) is 8.18. The topological polar surface area (TPSA) is 12.0 Å². The standard InChI is InChI=1S/C13H16BrF2N/c14-13-10(2-1-3-11(13)15)8-12(16)9-4-6-17-7-5-9/h1-3,9,12,17H,4-8H2. The molecule has 4 heteroatoms. The predicted octanol–water partition coefficient (Wildman–Crippen LogP) is 3.47. The summed E-state index contributed by atoms with van der Waals surface area (Å²) in [6.45, 7) is 1.77. The van der Waals surface area contributed by atoms with E-state index in [1.165, 1.54) is 6.07 Å². The predicted molar refractivity (Wildman–Crippen MR) is 68.3 cm³/mol. The summed E-state index contributed by atoms with van der Waals surface area (Å²) in [5.41, 5.74) is 0.719. The van der Waals surface area contributed by atoms with Crippen LogP contribution in [0.1, 0.15) is 18.4 Å². The van der Waals surface area contributed by atoms with Gasteiger partial charge < -0.3 is 5.32 Å². The fraction of sp³-hybridized carbons (Fsp3) is 0.538. The fourth-order valence-corrected chi connectivity index (χ4v) is 2.72. The van der Waals surface area contributed by atoms with Gasteiger partial charge in [-0.15, -0.1) is 0 Å². The van der Waals surface area contributed by atoms with Gasteiger partial charge in [-0.25, -0.2) is 8.78 Å². The lowest BCUT2D eigenvalue weighted by molar-refractivity contribution is 0.187. The smallest absolute Gasteiger partial charge is 0.137 e. The zero-order valence-electron chi connectivity index (χ0n) is 9.56. The Labute approximate surface area is 109 Å². The fourth-order valence-electron chi connectivity index (χ4n) is 2.29. The number of alkyl halides is 1. The molecule has 0 saturated carbocycles. The molecule has 1 aliphatic heterocycles. The van der Waals surface area contributed by atoms with E-state index in [0.717, 1.165) is 31.5 Å². The summed E-state index contributed by atoms with van der Waals surface area (Å²) in [5.74, 6) is -0.216. The molecule has 1 N–H and O–H groups in total. The van der Waals surface area contributed by atoms with Gasteiger partial charge in [0.2, 0.25) is 0 Å². The van der Waals surface area contributed by atoms with E-state index in [-0.39, 0.29) is 11.7 Å². The van der Waals surface area contributed by atoms with E-state index < -0.39 is 6.17 Å². The van der Waals surface area contributed by atoms with Crippen molar-refractivity contribution in [2.75, 3.05) is 13.1 Å². The number of hydrogen-bond donors (Lipinski definition) is 1. The minimum Gasteiger partial charge on any atom is -0.317 e. The van der Waals surface area contributed by atoms with Gasteiger partial charge in [-0.3, -0.25) is 0 Å². The Bertz CT molecular complexity index is 378. The third kappa shape index (κ3) is 3.26. The second kappa shape index (κ2) is 5.91. The van der Waals surface area contributed by atoms with E-state index in [9.17, 15) is 8.78 Å². The molecule has 1 aromatic carbocycles. The van der Waals surface area contributed by atoms with Crippen molar-refractivity contribution in [2.45, 2.75) is 25.4 Å². The molecule has 1 aromatic rings. The second-order valence-electron chi connectivity index (χ2n) is 4.52. The molecule has 0 amide bonds. The first-order valence-corrected chi connectivity index (χ1v) is 6.75. The Hall–Kier alpha value is -0.480. The Morgan fingerprint density at radius 1 is 1.35 bits per heavy atom. The van der Waals surface area contributed by atoms with Gasteiger partial charge in [-0.2, -0.15) is 0 Å². The van der Waals surface area contributed by atoms with Crippen LogP contribution in [0.3, 0.4) is 0 Å². The van der Waals surface area contributed by atoms with Crippen molar-refractivity contribution < 1.29 is 8.78 Å². The highest BCUT2D eigenvalue weighted by molar-refractivity contribution is 9.10. The lowest BCUT2D eigenvalue weighted by Crippen LogP contribution is -2.33. The van der Waals surface area contributed by atoms with Crippen molar-refractivity contribution in [3.8, 4) is 0 Å². The van der Waals surface area contributed by atoms with Crippen LogP contribution in [0.2, 0.25) is 0 Å². The summed E-state index contributed by atoms with van der Waals surface area (Å²) >= 11 is 3.18. The van der Waals surface area contributed by atoms with Crippen LogP contribution in [0.15, 0.2) is 22.7 Å². The van der Waals surface area contributed by atoms with Crippen LogP contribution in [0.25, 0.3) is 0 Å². The molecule has 0 radical (unpaired) electrons.